The highest BCUT2D eigenvalue weighted by Crippen LogP contribution is 2.07. The van der Waals surface area contributed by atoms with Gasteiger partial charge < -0.3 is 5.32 Å². The summed E-state index contributed by atoms with van der Waals surface area (Å²) in [5.74, 6) is 0.405. The number of hydrogen-bond acceptors (Lipinski definition) is 1. The van der Waals surface area contributed by atoms with Crippen molar-refractivity contribution in [1.82, 2.24) is 5.32 Å². The van der Waals surface area contributed by atoms with E-state index in [4.69, 9.17) is 0 Å². The standard InChI is InChI=1S/C15H22FNO/c1-3-12(4-2)11-17-15(18)10-7-13-5-8-14(16)9-6-13/h5-6,8-9,12H,3-4,7,10-11H2,1-2H3,(H,17,18). The second-order valence-electron chi connectivity index (χ2n) is 4.61. The van der Waals surface area contributed by atoms with E-state index in [1.165, 1.54) is 12.1 Å². The van der Waals surface area contributed by atoms with Crippen LogP contribution in [-0.2, 0) is 11.2 Å². The van der Waals surface area contributed by atoms with Crippen molar-refractivity contribution in [2.75, 3.05) is 6.54 Å². The Morgan fingerprint density at radius 2 is 1.83 bits per heavy atom. The normalized spacial score (nSPS) is 10.7. The van der Waals surface area contributed by atoms with Crippen LogP contribution in [0.2, 0.25) is 0 Å². The second-order valence-corrected chi connectivity index (χ2v) is 4.61. The average Bonchev–Trinajstić information content (AvgIpc) is 2.39. The molecule has 0 saturated heterocycles. The summed E-state index contributed by atoms with van der Waals surface area (Å²) in [6, 6.07) is 6.31. The fourth-order valence-electron chi connectivity index (χ4n) is 1.83. The summed E-state index contributed by atoms with van der Waals surface area (Å²) in [6.45, 7) is 5.03. The quantitative estimate of drug-likeness (QED) is 0.791. The number of rotatable bonds is 7. The number of amides is 1. The van der Waals surface area contributed by atoms with Crippen LogP contribution in [0.5, 0.6) is 0 Å². The first-order valence-corrected chi connectivity index (χ1v) is 6.66. The van der Waals surface area contributed by atoms with Crippen molar-refractivity contribution in [3.8, 4) is 0 Å². The summed E-state index contributed by atoms with van der Waals surface area (Å²) < 4.78 is 12.7. The molecule has 0 atom stereocenters. The molecular weight excluding hydrogens is 229 g/mol. The second kappa shape index (κ2) is 7.85. The van der Waals surface area contributed by atoms with Gasteiger partial charge in [0.25, 0.3) is 0 Å². The Kier molecular flexibility index (Phi) is 6.40. The van der Waals surface area contributed by atoms with Crippen LogP contribution in [0.15, 0.2) is 24.3 Å². The minimum absolute atomic E-state index is 0.0752. The number of carbonyl (C=O) groups excluding carboxylic acids is 1. The van der Waals surface area contributed by atoms with Crippen molar-refractivity contribution < 1.29 is 9.18 Å². The number of hydrogen-bond donors (Lipinski definition) is 1. The Morgan fingerprint density at radius 1 is 1.22 bits per heavy atom. The summed E-state index contributed by atoms with van der Waals surface area (Å²) in [6.07, 6.45) is 3.31. The summed E-state index contributed by atoms with van der Waals surface area (Å²) in [5, 5.41) is 2.95. The van der Waals surface area contributed by atoms with Crippen LogP contribution < -0.4 is 5.32 Å². The third kappa shape index (κ3) is 5.30. The Morgan fingerprint density at radius 3 is 2.39 bits per heavy atom. The first-order valence-electron chi connectivity index (χ1n) is 6.66. The monoisotopic (exact) mass is 251 g/mol. The van der Waals surface area contributed by atoms with E-state index >= 15 is 0 Å². The molecule has 0 aliphatic heterocycles. The van der Waals surface area contributed by atoms with Crippen LogP contribution in [0.3, 0.4) is 0 Å². The first kappa shape index (κ1) is 14.7. The molecule has 0 fully saturated rings. The molecule has 0 bridgehead atoms. The molecule has 1 amide bonds. The van der Waals surface area contributed by atoms with Gasteiger partial charge in [-0.1, -0.05) is 38.8 Å². The van der Waals surface area contributed by atoms with E-state index in [-0.39, 0.29) is 11.7 Å². The molecule has 100 valence electrons. The largest absolute Gasteiger partial charge is 0.356 e. The molecule has 0 saturated carbocycles. The number of halogens is 1. The van der Waals surface area contributed by atoms with Crippen LogP contribution in [0.4, 0.5) is 4.39 Å². The lowest BCUT2D eigenvalue weighted by Gasteiger charge is -2.13. The highest BCUT2D eigenvalue weighted by Gasteiger charge is 2.06. The van der Waals surface area contributed by atoms with E-state index in [0.29, 0.717) is 18.8 Å². The molecule has 18 heavy (non-hydrogen) atoms. The molecule has 0 unspecified atom stereocenters. The molecule has 0 spiro atoms. The Balaban J connectivity index is 2.26. The van der Waals surface area contributed by atoms with Crippen LogP contribution >= 0.6 is 0 Å². The number of carbonyl (C=O) groups is 1. The minimum Gasteiger partial charge on any atom is -0.356 e. The van der Waals surface area contributed by atoms with E-state index < -0.39 is 0 Å². The lowest BCUT2D eigenvalue weighted by atomic mass is 10.0. The van der Waals surface area contributed by atoms with Gasteiger partial charge in [0.05, 0.1) is 0 Å². The van der Waals surface area contributed by atoms with Crippen molar-refractivity contribution >= 4 is 5.91 Å². The highest BCUT2D eigenvalue weighted by atomic mass is 19.1. The molecule has 0 radical (unpaired) electrons. The van der Waals surface area contributed by atoms with Gasteiger partial charge in [-0.25, -0.2) is 4.39 Å². The Bertz CT molecular complexity index is 357. The van der Waals surface area contributed by atoms with Crippen LogP contribution in [-0.4, -0.2) is 12.5 Å². The first-order chi connectivity index (χ1) is 8.65. The molecule has 1 rings (SSSR count). The SMILES string of the molecule is CCC(CC)CNC(=O)CCc1ccc(F)cc1. The van der Waals surface area contributed by atoms with Crippen molar-refractivity contribution in [3.63, 3.8) is 0 Å². The molecule has 0 aliphatic carbocycles. The maximum absolute atomic E-state index is 12.7. The molecule has 3 heteroatoms. The molecule has 1 N–H and O–H groups in total. The number of aryl methyl sites for hydroxylation is 1. The molecule has 0 aliphatic rings. The summed E-state index contributed by atoms with van der Waals surface area (Å²) in [4.78, 5) is 11.6. The van der Waals surface area contributed by atoms with Gasteiger partial charge in [0.2, 0.25) is 5.91 Å². The summed E-state index contributed by atoms with van der Waals surface area (Å²) in [7, 11) is 0. The third-order valence-electron chi connectivity index (χ3n) is 3.30. The molecule has 0 heterocycles. The predicted octanol–water partition coefficient (Wildman–Crippen LogP) is 3.31. The maximum atomic E-state index is 12.7. The van der Waals surface area contributed by atoms with E-state index in [2.05, 4.69) is 19.2 Å². The zero-order valence-electron chi connectivity index (χ0n) is 11.2. The molecule has 0 aromatic heterocycles. The molecule has 2 nitrogen and oxygen atoms in total. The third-order valence-corrected chi connectivity index (χ3v) is 3.30. The van der Waals surface area contributed by atoms with Crippen molar-refractivity contribution in [2.45, 2.75) is 39.5 Å². The van der Waals surface area contributed by atoms with Gasteiger partial charge in [0, 0.05) is 13.0 Å². The lowest BCUT2D eigenvalue weighted by molar-refractivity contribution is -0.121. The van der Waals surface area contributed by atoms with E-state index in [0.717, 1.165) is 24.9 Å². The van der Waals surface area contributed by atoms with Crippen molar-refractivity contribution in [1.29, 1.82) is 0 Å². The van der Waals surface area contributed by atoms with E-state index in [1.54, 1.807) is 12.1 Å². The smallest absolute Gasteiger partial charge is 0.220 e. The Labute approximate surface area is 109 Å². The van der Waals surface area contributed by atoms with Crippen LogP contribution in [0, 0.1) is 11.7 Å². The van der Waals surface area contributed by atoms with Gasteiger partial charge in [-0.2, -0.15) is 0 Å². The van der Waals surface area contributed by atoms with Crippen LogP contribution in [0.1, 0.15) is 38.7 Å². The fourth-order valence-corrected chi connectivity index (χ4v) is 1.83. The minimum atomic E-state index is -0.239. The van der Waals surface area contributed by atoms with Gasteiger partial charge >= 0.3 is 0 Å². The zero-order valence-corrected chi connectivity index (χ0v) is 11.2. The highest BCUT2D eigenvalue weighted by molar-refractivity contribution is 5.76. The Hall–Kier alpha value is -1.38. The van der Waals surface area contributed by atoms with Crippen molar-refractivity contribution in [3.05, 3.63) is 35.6 Å². The molecule has 1 aromatic rings. The van der Waals surface area contributed by atoms with Crippen molar-refractivity contribution in [2.24, 2.45) is 5.92 Å². The van der Waals surface area contributed by atoms with Gasteiger partial charge in [0.15, 0.2) is 0 Å². The zero-order chi connectivity index (χ0) is 13.4. The maximum Gasteiger partial charge on any atom is 0.220 e. The van der Waals surface area contributed by atoms with Gasteiger partial charge in [-0.3, -0.25) is 4.79 Å². The van der Waals surface area contributed by atoms with Crippen LogP contribution in [0.25, 0.3) is 0 Å². The molecule has 1 aromatic carbocycles. The fraction of sp³-hybridized carbons (Fsp3) is 0.533. The average molecular weight is 251 g/mol. The van der Waals surface area contributed by atoms with Gasteiger partial charge in [-0.05, 0) is 30.0 Å². The predicted molar refractivity (Wildman–Crippen MR) is 71.8 cm³/mol. The van der Waals surface area contributed by atoms with Gasteiger partial charge in [0.1, 0.15) is 5.82 Å². The molecular formula is C15H22FNO. The number of nitrogens with one attached hydrogen (secondary N) is 1. The lowest BCUT2D eigenvalue weighted by Crippen LogP contribution is -2.29. The topological polar surface area (TPSA) is 29.1 Å². The van der Waals surface area contributed by atoms with E-state index in [1.807, 2.05) is 0 Å². The van der Waals surface area contributed by atoms with Gasteiger partial charge in [-0.15, -0.1) is 0 Å². The van der Waals surface area contributed by atoms with E-state index in [9.17, 15) is 9.18 Å². The number of benzene rings is 1. The summed E-state index contributed by atoms with van der Waals surface area (Å²) in [5.41, 5.74) is 0.995. The summed E-state index contributed by atoms with van der Waals surface area (Å²) >= 11 is 0.